The van der Waals surface area contributed by atoms with Crippen molar-refractivity contribution in [2.45, 2.75) is 78.6 Å². The summed E-state index contributed by atoms with van der Waals surface area (Å²) < 4.78 is 9.22. The number of nitrogens with zero attached hydrogens (tertiary/aromatic N) is 2. The minimum absolute atomic E-state index is 0.0609. The molecule has 12 aromatic rings. The van der Waals surface area contributed by atoms with Gasteiger partial charge in [0.05, 0.1) is 16.6 Å². The van der Waals surface area contributed by atoms with Gasteiger partial charge in [-0.2, -0.15) is 0 Å². The van der Waals surface area contributed by atoms with Crippen LogP contribution in [-0.4, -0.2) is 4.40 Å². The zero-order chi connectivity index (χ0) is 45.4. The summed E-state index contributed by atoms with van der Waals surface area (Å²) in [6.45, 7) is 20.4. The van der Waals surface area contributed by atoms with E-state index in [-0.39, 0.29) is 16.2 Å². The van der Waals surface area contributed by atoms with Crippen LogP contribution in [0.2, 0.25) is 0 Å². The topological polar surface area (TPSA) is 32.8 Å². The molecule has 0 radical (unpaired) electrons. The van der Waals surface area contributed by atoms with E-state index >= 15 is 0 Å². The van der Waals surface area contributed by atoms with Gasteiger partial charge in [-0.1, -0.05) is 129 Å². The average molecular weight is 858 g/mol. The Hall–Kier alpha value is -7.30. The highest BCUT2D eigenvalue weighted by Gasteiger charge is 2.25. The fourth-order valence-electron chi connectivity index (χ4n) is 10.4. The Kier molecular flexibility index (Phi) is 8.59. The van der Waals surface area contributed by atoms with E-state index in [0.29, 0.717) is 0 Å². The molecule has 0 saturated carbocycles. The van der Waals surface area contributed by atoms with Crippen LogP contribution in [-0.2, 0) is 16.2 Å². The molecule has 0 aliphatic carbocycles. The second kappa shape index (κ2) is 14.1. The molecular weight excluding hydrogens is 803 g/mol. The number of anilines is 5. The zero-order valence-corrected chi connectivity index (χ0v) is 39.4. The van der Waals surface area contributed by atoms with Crippen LogP contribution in [0.1, 0.15) is 79.0 Å². The van der Waals surface area contributed by atoms with E-state index in [0.717, 1.165) is 45.0 Å². The summed E-state index contributed by atoms with van der Waals surface area (Å²) in [5, 5.41) is 15.7. The summed E-state index contributed by atoms with van der Waals surface area (Å²) in [6.07, 6.45) is 0. The van der Waals surface area contributed by atoms with Gasteiger partial charge in [0, 0.05) is 60.8 Å². The first-order valence-corrected chi connectivity index (χ1v) is 23.4. The third-order valence-corrected chi connectivity index (χ3v) is 14.1. The number of furan rings is 1. The van der Waals surface area contributed by atoms with Gasteiger partial charge in [0.2, 0.25) is 0 Å². The van der Waals surface area contributed by atoms with Gasteiger partial charge in [0.15, 0.2) is 0 Å². The predicted molar refractivity (Wildman–Crippen MR) is 284 cm³/mol. The Bertz CT molecular complexity index is 3810. The molecule has 0 aliphatic rings. The Balaban J connectivity index is 1.08. The largest absolute Gasteiger partial charge is 0.456 e. The molecule has 4 heteroatoms. The van der Waals surface area contributed by atoms with Crippen LogP contribution in [0.5, 0.6) is 0 Å². The van der Waals surface area contributed by atoms with Crippen LogP contribution in [0, 0.1) is 0 Å². The maximum atomic E-state index is 6.69. The first-order valence-electron chi connectivity index (χ1n) is 23.4. The van der Waals surface area contributed by atoms with Crippen molar-refractivity contribution >= 4 is 110 Å². The highest BCUT2D eigenvalue weighted by atomic mass is 16.3. The maximum Gasteiger partial charge on any atom is 0.136 e. The molecule has 0 saturated heterocycles. The summed E-state index contributed by atoms with van der Waals surface area (Å²) in [6, 6.07) is 61.2. The molecule has 0 fully saturated rings. The Morgan fingerprint density at radius 3 is 1.53 bits per heavy atom. The second-order valence-corrected chi connectivity index (χ2v) is 21.7. The van der Waals surface area contributed by atoms with E-state index in [1.165, 1.54) is 81.7 Å². The third kappa shape index (κ3) is 6.41. The summed E-state index contributed by atoms with van der Waals surface area (Å²) in [7, 11) is 0. The van der Waals surface area contributed by atoms with E-state index in [1.807, 2.05) is 0 Å². The molecule has 0 spiro atoms. The number of hydrogen-bond donors (Lipinski definition) is 1. The lowest BCUT2D eigenvalue weighted by Gasteiger charge is -2.28. The maximum absolute atomic E-state index is 6.69. The molecule has 12 rings (SSSR count). The SMILES string of the molecule is CC(C)(C)c1ccc(Nc2ccc3cc4c5cc6oc7ccccc7c6c6c7cc8ccc(N(c9ccc(C(C)(C)C)cc9)c9ccc(C(C)(C)C)cc9)cc8cc7n(c4cc3c2)c56)cc1. The van der Waals surface area contributed by atoms with Gasteiger partial charge < -0.3 is 19.0 Å². The number of benzene rings is 9. The summed E-state index contributed by atoms with van der Waals surface area (Å²) in [4.78, 5) is 2.40. The number of rotatable bonds is 5. The minimum Gasteiger partial charge on any atom is -0.456 e. The molecule has 0 atom stereocenters. The Labute approximate surface area is 386 Å². The van der Waals surface area contributed by atoms with E-state index in [1.54, 1.807) is 0 Å². The molecule has 324 valence electrons. The standard InChI is InChI=1S/C62H55N3O/c1-60(2,3)41-16-23-44(24-17-41)63-45-22-14-37-32-50-51-36-56-57(49-12-10-11-13-55(49)66-56)58-52-33-38-15-25-48(31-40(38)35-54(52)65(59(51)58)53(50)34-39(37)30-45)64(46-26-18-42(19-27-46)61(4,5)6)47-28-20-43(21-29-47)62(7,8)9/h10-36,63H,1-9H3. The zero-order valence-electron chi connectivity index (χ0n) is 39.4. The Morgan fingerprint density at radius 1 is 0.394 bits per heavy atom. The van der Waals surface area contributed by atoms with E-state index in [9.17, 15) is 0 Å². The van der Waals surface area contributed by atoms with Gasteiger partial charge in [-0.15, -0.1) is 0 Å². The van der Waals surface area contributed by atoms with E-state index < -0.39 is 0 Å². The summed E-state index contributed by atoms with van der Waals surface area (Å²) in [5.74, 6) is 0. The third-order valence-electron chi connectivity index (χ3n) is 14.1. The highest BCUT2D eigenvalue weighted by molar-refractivity contribution is 6.36. The molecule has 0 bridgehead atoms. The van der Waals surface area contributed by atoms with Gasteiger partial charge in [-0.3, -0.25) is 0 Å². The van der Waals surface area contributed by atoms with Crippen LogP contribution in [0.3, 0.4) is 0 Å². The first-order chi connectivity index (χ1) is 31.6. The molecule has 1 N–H and O–H groups in total. The van der Waals surface area contributed by atoms with Gasteiger partial charge in [0.25, 0.3) is 0 Å². The van der Waals surface area contributed by atoms with Crippen molar-refractivity contribution < 1.29 is 4.42 Å². The van der Waals surface area contributed by atoms with Gasteiger partial charge in [0.1, 0.15) is 11.2 Å². The van der Waals surface area contributed by atoms with Crippen molar-refractivity contribution in [3.63, 3.8) is 0 Å². The normalized spacial score (nSPS) is 12.9. The molecule has 3 aromatic heterocycles. The Morgan fingerprint density at radius 2 is 0.909 bits per heavy atom. The average Bonchev–Trinajstić information content (AvgIpc) is 3.93. The van der Waals surface area contributed by atoms with Crippen LogP contribution in [0.4, 0.5) is 28.4 Å². The number of hydrogen-bond acceptors (Lipinski definition) is 3. The first kappa shape index (κ1) is 40.2. The van der Waals surface area contributed by atoms with Gasteiger partial charge >= 0.3 is 0 Å². The fourth-order valence-corrected chi connectivity index (χ4v) is 10.4. The lowest BCUT2D eigenvalue weighted by molar-refractivity contribution is 0.590. The summed E-state index contributed by atoms with van der Waals surface area (Å²) >= 11 is 0. The molecule has 66 heavy (non-hydrogen) atoms. The molecule has 4 nitrogen and oxygen atoms in total. The molecule has 0 unspecified atom stereocenters. The lowest BCUT2D eigenvalue weighted by atomic mass is 9.86. The van der Waals surface area contributed by atoms with E-state index in [4.69, 9.17) is 4.42 Å². The summed E-state index contributed by atoms with van der Waals surface area (Å²) in [5.41, 5.74) is 15.2. The second-order valence-electron chi connectivity index (χ2n) is 21.7. The van der Waals surface area contributed by atoms with Crippen molar-refractivity contribution in [2.75, 3.05) is 10.2 Å². The molecule has 0 amide bonds. The van der Waals surface area contributed by atoms with Crippen molar-refractivity contribution in [1.82, 2.24) is 4.40 Å². The van der Waals surface area contributed by atoms with Crippen molar-refractivity contribution in [3.8, 4) is 0 Å². The van der Waals surface area contributed by atoms with Crippen LogP contribution in [0.25, 0.3) is 81.6 Å². The van der Waals surface area contributed by atoms with Crippen LogP contribution >= 0.6 is 0 Å². The number of aromatic nitrogens is 1. The molecule has 9 aromatic carbocycles. The van der Waals surface area contributed by atoms with E-state index in [2.05, 4.69) is 241 Å². The fraction of sp³-hybridized carbons (Fsp3) is 0.194. The van der Waals surface area contributed by atoms with Crippen LogP contribution < -0.4 is 10.2 Å². The van der Waals surface area contributed by atoms with Gasteiger partial charge in [-0.05, 0) is 152 Å². The van der Waals surface area contributed by atoms with Gasteiger partial charge in [-0.25, -0.2) is 0 Å². The highest BCUT2D eigenvalue weighted by Crippen LogP contribution is 2.48. The van der Waals surface area contributed by atoms with Crippen LogP contribution in [0.15, 0.2) is 168 Å². The number of nitrogens with one attached hydrogen (secondary N) is 1. The van der Waals surface area contributed by atoms with Crippen molar-refractivity contribution in [3.05, 3.63) is 180 Å². The quantitative estimate of drug-likeness (QED) is 0.187. The predicted octanol–water partition coefficient (Wildman–Crippen LogP) is 18.1. The molecule has 3 heterocycles. The minimum atomic E-state index is 0.0609. The number of para-hydroxylation sites is 1. The number of fused-ring (bicyclic) bond motifs is 12. The van der Waals surface area contributed by atoms with Crippen molar-refractivity contribution in [1.29, 1.82) is 0 Å². The van der Waals surface area contributed by atoms with Crippen molar-refractivity contribution in [2.24, 2.45) is 0 Å². The monoisotopic (exact) mass is 857 g/mol. The molecule has 0 aliphatic heterocycles. The molecular formula is C62H55N3O. The lowest BCUT2D eigenvalue weighted by Crippen LogP contribution is -2.14. The smallest absolute Gasteiger partial charge is 0.136 e.